The van der Waals surface area contributed by atoms with Gasteiger partial charge in [0.15, 0.2) is 0 Å². The molecule has 0 bridgehead atoms. The topological polar surface area (TPSA) is 67.8 Å². The number of hydrogen-bond donors (Lipinski definition) is 1. The second kappa shape index (κ2) is 9.92. The van der Waals surface area contributed by atoms with Crippen LogP contribution in [0.3, 0.4) is 0 Å². The van der Waals surface area contributed by atoms with Gasteiger partial charge in [0, 0.05) is 15.6 Å². The van der Waals surface area contributed by atoms with Crippen molar-refractivity contribution in [1.29, 1.82) is 0 Å². The number of esters is 1. The molecule has 0 aromatic heterocycles. The molecule has 0 radical (unpaired) electrons. The van der Waals surface area contributed by atoms with Crippen molar-refractivity contribution in [1.82, 2.24) is 5.43 Å². The van der Waals surface area contributed by atoms with E-state index in [2.05, 4.69) is 47.2 Å². The molecule has 164 valence electrons. The average molecular weight is 493 g/mol. The number of benzene rings is 3. The van der Waals surface area contributed by atoms with Crippen molar-refractivity contribution in [2.24, 2.45) is 5.10 Å². The van der Waals surface area contributed by atoms with Crippen LogP contribution in [0.5, 0.6) is 5.75 Å². The molecule has 0 aliphatic carbocycles. The fraction of sp³-hybridized carbons (Fsp3) is 0.192. The van der Waals surface area contributed by atoms with Gasteiger partial charge in [-0.1, -0.05) is 66.5 Å². The summed E-state index contributed by atoms with van der Waals surface area (Å²) in [5.74, 6) is -0.453. The van der Waals surface area contributed by atoms with Crippen molar-refractivity contribution < 1.29 is 14.3 Å². The van der Waals surface area contributed by atoms with Crippen LogP contribution in [0.25, 0.3) is 0 Å². The molecule has 5 nitrogen and oxygen atoms in total. The van der Waals surface area contributed by atoms with E-state index in [1.54, 1.807) is 42.5 Å². The summed E-state index contributed by atoms with van der Waals surface area (Å²) in [7, 11) is 0. The third kappa shape index (κ3) is 6.14. The third-order valence-electron chi connectivity index (χ3n) is 4.84. The normalized spacial score (nSPS) is 11.4. The van der Waals surface area contributed by atoms with Crippen LogP contribution in [-0.4, -0.2) is 18.1 Å². The number of carbonyl (C=O) groups is 2. The standard InChI is InChI=1S/C26H25BrN2O3/c1-17-5-7-19(8-6-17)25(31)32-23-14-13-22(27)15-20(23)16-28-29-24(30)18-9-11-21(12-10-18)26(2,3)4/h5-16H,1-4H3,(H,29,30)/b28-16+. The van der Waals surface area contributed by atoms with Crippen molar-refractivity contribution in [3.63, 3.8) is 0 Å². The molecular formula is C26H25BrN2O3. The number of aryl methyl sites for hydroxylation is 1. The van der Waals surface area contributed by atoms with Gasteiger partial charge >= 0.3 is 5.97 Å². The Kier molecular flexibility index (Phi) is 7.26. The molecule has 0 spiro atoms. The molecular weight excluding hydrogens is 468 g/mol. The molecule has 0 heterocycles. The number of hydrogen-bond acceptors (Lipinski definition) is 4. The molecule has 6 heteroatoms. The first-order chi connectivity index (χ1) is 15.1. The smallest absolute Gasteiger partial charge is 0.343 e. The lowest BCUT2D eigenvalue weighted by Gasteiger charge is -2.18. The Hall–Kier alpha value is -3.25. The maximum atomic E-state index is 12.5. The molecule has 0 atom stereocenters. The number of ether oxygens (including phenoxy) is 1. The van der Waals surface area contributed by atoms with Gasteiger partial charge in [0.1, 0.15) is 5.75 Å². The van der Waals surface area contributed by atoms with Crippen LogP contribution in [0.2, 0.25) is 0 Å². The molecule has 0 aliphatic heterocycles. The Bertz CT molecular complexity index is 1150. The van der Waals surface area contributed by atoms with Gasteiger partial charge in [-0.3, -0.25) is 4.79 Å². The summed E-state index contributed by atoms with van der Waals surface area (Å²) in [6, 6.07) is 19.8. The summed E-state index contributed by atoms with van der Waals surface area (Å²) < 4.78 is 6.34. The molecule has 0 aliphatic rings. The maximum absolute atomic E-state index is 12.5. The van der Waals surface area contributed by atoms with Crippen LogP contribution in [0, 0.1) is 6.92 Å². The SMILES string of the molecule is Cc1ccc(C(=O)Oc2ccc(Br)cc2/C=N/NC(=O)c2ccc(C(C)(C)C)cc2)cc1. The first-order valence-corrected chi connectivity index (χ1v) is 10.9. The molecule has 1 amide bonds. The Labute approximate surface area is 196 Å². The number of nitrogens with one attached hydrogen (secondary N) is 1. The van der Waals surface area contributed by atoms with Crippen LogP contribution in [0.15, 0.2) is 76.3 Å². The first kappa shape index (κ1) is 23.4. The average Bonchev–Trinajstić information content (AvgIpc) is 2.75. The van der Waals surface area contributed by atoms with Gasteiger partial charge in [0.2, 0.25) is 0 Å². The number of halogens is 1. The largest absolute Gasteiger partial charge is 0.422 e. The number of hydrazone groups is 1. The van der Waals surface area contributed by atoms with Crippen molar-refractivity contribution in [3.8, 4) is 5.75 Å². The minimum atomic E-state index is -0.468. The molecule has 1 N–H and O–H groups in total. The molecule has 3 rings (SSSR count). The van der Waals surface area contributed by atoms with E-state index < -0.39 is 5.97 Å². The minimum Gasteiger partial charge on any atom is -0.422 e. The Morgan fingerprint density at radius 2 is 1.56 bits per heavy atom. The van der Waals surface area contributed by atoms with E-state index in [-0.39, 0.29) is 11.3 Å². The van der Waals surface area contributed by atoms with Gasteiger partial charge in [-0.2, -0.15) is 5.10 Å². The predicted octanol–water partition coefficient (Wildman–Crippen LogP) is 6.04. The molecule has 0 saturated carbocycles. The fourth-order valence-electron chi connectivity index (χ4n) is 2.91. The Morgan fingerprint density at radius 3 is 2.19 bits per heavy atom. The van der Waals surface area contributed by atoms with Crippen LogP contribution in [0.1, 0.15) is 58.2 Å². The van der Waals surface area contributed by atoms with E-state index in [0.717, 1.165) is 15.6 Å². The fourth-order valence-corrected chi connectivity index (χ4v) is 3.29. The lowest BCUT2D eigenvalue weighted by atomic mass is 9.87. The molecule has 3 aromatic carbocycles. The van der Waals surface area contributed by atoms with E-state index in [4.69, 9.17) is 4.74 Å². The van der Waals surface area contributed by atoms with Crippen LogP contribution in [-0.2, 0) is 5.41 Å². The third-order valence-corrected chi connectivity index (χ3v) is 5.34. The van der Waals surface area contributed by atoms with Gasteiger partial charge < -0.3 is 4.74 Å². The second-order valence-corrected chi connectivity index (χ2v) is 9.38. The number of rotatable bonds is 5. The number of nitrogens with zero attached hydrogens (tertiary/aromatic N) is 1. The highest BCUT2D eigenvalue weighted by Gasteiger charge is 2.14. The van der Waals surface area contributed by atoms with E-state index in [9.17, 15) is 9.59 Å². The first-order valence-electron chi connectivity index (χ1n) is 10.2. The lowest BCUT2D eigenvalue weighted by molar-refractivity contribution is 0.0734. The highest BCUT2D eigenvalue weighted by Crippen LogP contribution is 2.24. The van der Waals surface area contributed by atoms with Gasteiger partial charge in [-0.15, -0.1) is 0 Å². The molecule has 32 heavy (non-hydrogen) atoms. The van der Waals surface area contributed by atoms with Crippen molar-refractivity contribution in [2.75, 3.05) is 0 Å². The van der Waals surface area contributed by atoms with Gasteiger partial charge in [0.25, 0.3) is 5.91 Å². The molecule has 0 fully saturated rings. The lowest BCUT2D eigenvalue weighted by Crippen LogP contribution is -2.18. The van der Waals surface area contributed by atoms with Crippen LogP contribution in [0.4, 0.5) is 0 Å². The quantitative estimate of drug-likeness (QED) is 0.204. The van der Waals surface area contributed by atoms with Crippen molar-refractivity contribution in [2.45, 2.75) is 33.1 Å². The van der Waals surface area contributed by atoms with E-state index in [1.807, 2.05) is 31.2 Å². The van der Waals surface area contributed by atoms with Gasteiger partial charge in [0.05, 0.1) is 11.8 Å². The zero-order valence-electron chi connectivity index (χ0n) is 18.5. The summed E-state index contributed by atoms with van der Waals surface area (Å²) >= 11 is 3.41. The van der Waals surface area contributed by atoms with Gasteiger partial charge in [-0.05, 0) is 60.4 Å². The Balaban J connectivity index is 1.71. The highest BCUT2D eigenvalue weighted by atomic mass is 79.9. The summed E-state index contributed by atoms with van der Waals surface area (Å²) in [6.07, 6.45) is 1.45. The second-order valence-electron chi connectivity index (χ2n) is 8.46. The zero-order valence-corrected chi connectivity index (χ0v) is 20.1. The Morgan fingerprint density at radius 1 is 0.938 bits per heavy atom. The highest BCUT2D eigenvalue weighted by molar-refractivity contribution is 9.10. The zero-order chi connectivity index (χ0) is 23.3. The minimum absolute atomic E-state index is 0.0142. The summed E-state index contributed by atoms with van der Waals surface area (Å²) in [5, 5.41) is 4.05. The molecule has 0 saturated heterocycles. The number of amides is 1. The summed E-state index contributed by atoms with van der Waals surface area (Å²) in [6.45, 7) is 8.31. The van der Waals surface area contributed by atoms with Crippen molar-refractivity contribution >= 4 is 34.0 Å². The molecule has 0 unspecified atom stereocenters. The van der Waals surface area contributed by atoms with Crippen LogP contribution >= 0.6 is 15.9 Å². The van der Waals surface area contributed by atoms with E-state index >= 15 is 0 Å². The van der Waals surface area contributed by atoms with Crippen LogP contribution < -0.4 is 10.2 Å². The summed E-state index contributed by atoms with van der Waals surface area (Å²) in [5.41, 5.74) is 6.24. The van der Waals surface area contributed by atoms with E-state index in [1.165, 1.54) is 6.21 Å². The van der Waals surface area contributed by atoms with E-state index in [0.29, 0.717) is 22.4 Å². The van der Waals surface area contributed by atoms with Gasteiger partial charge in [-0.25, -0.2) is 10.2 Å². The summed E-state index contributed by atoms with van der Waals surface area (Å²) in [4.78, 5) is 24.9. The molecule has 3 aromatic rings. The van der Waals surface area contributed by atoms with Crippen molar-refractivity contribution in [3.05, 3.63) is 99.0 Å². The maximum Gasteiger partial charge on any atom is 0.343 e. The number of carbonyl (C=O) groups excluding carboxylic acids is 2. The monoisotopic (exact) mass is 492 g/mol. The predicted molar refractivity (Wildman–Crippen MR) is 130 cm³/mol.